The summed E-state index contributed by atoms with van der Waals surface area (Å²) in [6, 6.07) is 10.3. The quantitative estimate of drug-likeness (QED) is 0.782. The summed E-state index contributed by atoms with van der Waals surface area (Å²) in [4.78, 5) is 19.2. The van der Waals surface area contributed by atoms with Gasteiger partial charge in [-0.1, -0.05) is 35.9 Å². The second-order valence-corrected chi connectivity index (χ2v) is 8.23. The van der Waals surface area contributed by atoms with Crippen molar-refractivity contribution in [2.75, 3.05) is 11.4 Å². The maximum atomic E-state index is 12.5. The van der Waals surface area contributed by atoms with Gasteiger partial charge in [0.05, 0.1) is 16.6 Å². The summed E-state index contributed by atoms with van der Waals surface area (Å²) in [5.74, 6) is 0.310. The van der Waals surface area contributed by atoms with E-state index in [0.717, 1.165) is 30.8 Å². The Balaban J connectivity index is 1.88. The first kappa shape index (κ1) is 19.6. The molecule has 27 heavy (non-hydrogen) atoms. The van der Waals surface area contributed by atoms with Gasteiger partial charge in [-0.15, -0.1) is 0 Å². The number of hydrogen-bond acceptors (Lipinski definition) is 5. The molecule has 0 unspecified atom stereocenters. The van der Waals surface area contributed by atoms with E-state index in [1.165, 1.54) is 11.8 Å². The lowest BCUT2D eigenvalue weighted by molar-refractivity contribution is 0.00696. The fourth-order valence-corrected chi connectivity index (χ4v) is 3.52. The highest BCUT2D eigenvalue weighted by Gasteiger charge is 2.29. The van der Waals surface area contributed by atoms with Crippen LogP contribution in [0.15, 0.2) is 36.5 Å². The van der Waals surface area contributed by atoms with E-state index >= 15 is 0 Å². The third-order valence-electron chi connectivity index (χ3n) is 4.61. The van der Waals surface area contributed by atoms with Crippen LogP contribution in [0.4, 0.5) is 5.82 Å². The molecular weight excluding hydrogens is 362 g/mol. The minimum atomic E-state index is -0.579. The Morgan fingerprint density at radius 1 is 1.33 bits per heavy atom. The second kappa shape index (κ2) is 7.87. The zero-order chi connectivity index (χ0) is 19.6. The van der Waals surface area contributed by atoms with Gasteiger partial charge in [0.25, 0.3) is 0 Å². The zero-order valence-electron chi connectivity index (χ0n) is 16.0. The van der Waals surface area contributed by atoms with Crippen molar-refractivity contribution >= 4 is 23.4 Å². The molecule has 2 N–H and O–H groups in total. The normalized spacial score (nSPS) is 17.2. The Morgan fingerprint density at radius 3 is 2.67 bits per heavy atom. The summed E-state index contributed by atoms with van der Waals surface area (Å²) in [6.45, 7) is 6.92. The average Bonchev–Trinajstić information content (AvgIpc) is 3.10. The number of halogens is 1. The van der Waals surface area contributed by atoms with Crippen molar-refractivity contribution in [1.82, 2.24) is 4.98 Å². The SMILES string of the molecule is CC(C)(C)OC(=O)c1cc(N2CCC[C@H]2c2ccc(CN)cc2)ncc1Cl. The predicted octanol–water partition coefficient (Wildman–Crippen LogP) is 4.49. The van der Waals surface area contributed by atoms with Crippen LogP contribution in [0.3, 0.4) is 0 Å². The lowest BCUT2D eigenvalue weighted by atomic mass is 10.0. The molecule has 0 saturated carbocycles. The molecule has 0 amide bonds. The molecule has 144 valence electrons. The first-order chi connectivity index (χ1) is 12.8. The number of carbonyl (C=O) groups is 1. The van der Waals surface area contributed by atoms with Crippen molar-refractivity contribution in [3.8, 4) is 0 Å². The number of rotatable bonds is 4. The summed E-state index contributed by atoms with van der Waals surface area (Å²) in [6.07, 6.45) is 3.63. The molecule has 1 aromatic heterocycles. The Morgan fingerprint density at radius 2 is 2.04 bits per heavy atom. The molecular formula is C21H26ClN3O2. The van der Waals surface area contributed by atoms with Gasteiger partial charge >= 0.3 is 5.97 Å². The number of esters is 1. The van der Waals surface area contributed by atoms with Crippen molar-refractivity contribution in [2.45, 2.75) is 51.8 Å². The number of benzene rings is 1. The van der Waals surface area contributed by atoms with Crippen LogP contribution in [-0.2, 0) is 11.3 Å². The minimum absolute atomic E-state index is 0.219. The molecule has 0 aliphatic carbocycles. The lowest BCUT2D eigenvalue weighted by Crippen LogP contribution is -2.26. The summed E-state index contributed by atoms with van der Waals surface area (Å²) in [5, 5.41) is 0.302. The molecule has 1 aliphatic rings. The van der Waals surface area contributed by atoms with E-state index in [1.54, 1.807) is 6.07 Å². The molecule has 3 rings (SSSR count). The standard InChI is InChI=1S/C21H26ClN3O2/c1-21(2,3)27-20(26)16-11-19(24-13-17(16)22)25-10-4-5-18(25)15-8-6-14(12-23)7-9-15/h6-9,11,13,18H,4-5,10,12,23H2,1-3H3/t18-/m0/s1. The Bertz CT molecular complexity index is 815. The van der Waals surface area contributed by atoms with Crippen molar-refractivity contribution in [3.05, 3.63) is 58.2 Å². The fraction of sp³-hybridized carbons (Fsp3) is 0.429. The van der Waals surface area contributed by atoms with Gasteiger partial charge in [0.2, 0.25) is 0 Å². The monoisotopic (exact) mass is 387 g/mol. The van der Waals surface area contributed by atoms with Gasteiger partial charge in [0, 0.05) is 19.3 Å². The summed E-state index contributed by atoms with van der Waals surface area (Å²) >= 11 is 6.22. The summed E-state index contributed by atoms with van der Waals surface area (Å²) in [7, 11) is 0. The highest BCUT2D eigenvalue weighted by molar-refractivity contribution is 6.33. The van der Waals surface area contributed by atoms with Crippen molar-refractivity contribution < 1.29 is 9.53 Å². The van der Waals surface area contributed by atoms with Gasteiger partial charge in [-0.05, 0) is 50.8 Å². The van der Waals surface area contributed by atoms with Crippen molar-refractivity contribution in [2.24, 2.45) is 5.73 Å². The maximum Gasteiger partial charge on any atom is 0.340 e. The van der Waals surface area contributed by atoms with Gasteiger partial charge in [-0.3, -0.25) is 0 Å². The zero-order valence-corrected chi connectivity index (χ0v) is 16.8. The molecule has 5 nitrogen and oxygen atoms in total. The third kappa shape index (κ3) is 4.60. The van der Waals surface area contributed by atoms with Gasteiger partial charge in [-0.25, -0.2) is 9.78 Å². The number of anilines is 1. The van der Waals surface area contributed by atoms with Crippen LogP contribution < -0.4 is 10.6 Å². The number of aromatic nitrogens is 1. The van der Waals surface area contributed by atoms with Crippen molar-refractivity contribution in [3.63, 3.8) is 0 Å². The molecule has 0 radical (unpaired) electrons. The molecule has 1 fully saturated rings. The van der Waals surface area contributed by atoms with E-state index in [4.69, 9.17) is 22.1 Å². The minimum Gasteiger partial charge on any atom is -0.456 e. The van der Waals surface area contributed by atoms with Gasteiger partial charge < -0.3 is 15.4 Å². The van der Waals surface area contributed by atoms with Crippen LogP contribution in [-0.4, -0.2) is 23.1 Å². The predicted molar refractivity (Wildman–Crippen MR) is 108 cm³/mol. The third-order valence-corrected chi connectivity index (χ3v) is 4.91. The summed E-state index contributed by atoms with van der Waals surface area (Å²) in [5.41, 5.74) is 7.80. The number of nitrogens with zero attached hydrogens (tertiary/aromatic N) is 2. The van der Waals surface area contributed by atoms with E-state index in [0.29, 0.717) is 17.1 Å². The fourth-order valence-electron chi connectivity index (χ4n) is 3.34. The van der Waals surface area contributed by atoms with Gasteiger partial charge in [0.15, 0.2) is 0 Å². The molecule has 1 aliphatic heterocycles. The molecule has 2 aromatic rings. The number of pyridine rings is 1. The van der Waals surface area contributed by atoms with E-state index < -0.39 is 11.6 Å². The molecule has 2 heterocycles. The topological polar surface area (TPSA) is 68.5 Å². The molecule has 1 aromatic carbocycles. The second-order valence-electron chi connectivity index (χ2n) is 7.82. The Hall–Kier alpha value is -2.11. The first-order valence-electron chi connectivity index (χ1n) is 9.23. The highest BCUT2D eigenvalue weighted by atomic mass is 35.5. The molecule has 0 spiro atoms. The molecule has 1 saturated heterocycles. The number of ether oxygens (including phenoxy) is 1. The van der Waals surface area contributed by atoms with Crippen LogP contribution in [0.5, 0.6) is 0 Å². The van der Waals surface area contributed by atoms with E-state index in [9.17, 15) is 4.79 Å². The number of carbonyl (C=O) groups excluding carboxylic acids is 1. The average molecular weight is 388 g/mol. The molecule has 6 heteroatoms. The highest BCUT2D eigenvalue weighted by Crippen LogP contribution is 2.36. The van der Waals surface area contributed by atoms with E-state index in [2.05, 4.69) is 34.1 Å². The van der Waals surface area contributed by atoms with Crippen LogP contribution in [0.25, 0.3) is 0 Å². The van der Waals surface area contributed by atoms with Crippen molar-refractivity contribution in [1.29, 1.82) is 0 Å². The Labute approximate surface area is 165 Å². The maximum absolute atomic E-state index is 12.5. The smallest absolute Gasteiger partial charge is 0.340 e. The molecule has 1 atom stereocenters. The van der Waals surface area contributed by atoms with Crippen LogP contribution >= 0.6 is 11.6 Å². The Kier molecular flexibility index (Phi) is 5.72. The summed E-state index contributed by atoms with van der Waals surface area (Å²) < 4.78 is 5.48. The van der Waals surface area contributed by atoms with E-state index in [1.807, 2.05) is 20.8 Å². The van der Waals surface area contributed by atoms with E-state index in [-0.39, 0.29) is 6.04 Å². The molecule has 0 bridgehead atoms. The van der Waals surface area contributed by atoms with Gasteiger partial charge in [0.1, 0.15) is 11.4 Å². The van der Waals surface area contributed by atoms with Crippen LogP contribution in [0, 0.1) is 0 Å². The lowest BCUT2D eigenvalue weighted by Gasteiger charge is -2.27. The number of nitrogens with two attached hydrogens (primary N) is 1. The van der Waals surface area contributed by atoms with Crippen LogP contribution in [0.1, 0.15) is 61.1 Å². The largest absolute Gasteiger partial charge is 0.456 e. The van der Waals surface area contributed by atoms with Gasteiger partial charge in [-0.2, -0.15) is 0 Å². The number of hydrogen-bond donors (Lipinski definition) is 1. The van der Waals surface area contributed by atoms with Crippen LogP contribution in [0.2, 0.25) is 5.02 Å². The first-order valence-corrected chi connectivity index (χ1v) is 9.61.